The first kappa shape index (κ1) is 13.7. The number of hydrogen-bond acceptors (Lipinski definition) is 2. The molecule has 2 N–H and O–H groups in total. The van der Waals surface area contributed by atoms with Gasteiger partial charge in [0.05, 0.1) is 0 Å². The van der Waals surface area contributed by atoms with Gasteiger partial charge in [-0.25, -0.2) is 0 Å². The highest BCUT2D eigenvalue weighted by Gasteiger charge is 2.29. The van der Waals surface area contributed by atoms with Gasteiger partial charge in [0.15, 0.2) is 0 Å². The second kappa shape index (κ2) is 5.98. The van der Waals surface area contributed by atoms with Crippen molar-refractivity contribution in [3.8, 4) is 0 Å². The first-order valence-corrected chi connectivity index (χ1v) is 7.83. The highest BCUT2D eigenvalue weighted by Crippen LogP contribution is 2.31. The van der Waals surface area contributed by atoms with Crippen LogP contribution in [-0.4, -0.2) is 10.9 Å². The van der Waals surface area contributed by atoms with Crippen molar-refractivity contribution in [1.29, 1.82) is 0 Å². The highest BCUT2D eigenvalue weighted by molar-refractivity contribution is 9.10. The number of nitrogens with zero attached hydrogens (tertiary/aromatic N) is 1. The van der Waals surface area contributed by atoms with Gasteiger partial charge in [-0.05, 0) is 42.2 Å². The van der Waals surface area contributed by atoms with Crippen LogP contribution in [0.15, 0.2) is 53.0 Å². The van der Waals surface area contributed by atoms with Crippen LogP contribution in [0, 0.1) is 0 Å². The predicted octanol–water partition coefficient (Wildman–Crippen LogP) is 4.20. The molecule has 1 aliphatic carbocycles. The average Bonchev–Trinajstić information content (AvgIpc) is 3.25. The van der Waals surface area contributed by atoms with E-state index in [2.05, 4.69) is 57.2 Å². The lowest BCUT2D eigenvalue weighted by Crippen LogP contribution is -2.25. The molecule has 3 heteroatoms. The minimum absolute atomic E-state index is 0.725. The summed E-state index contributed by atoms with van der Waals surface area (Å²) in [5.41, 5.74) is 9.37. The third kappa shape index (κ3) is 3.41. The minimum Gasteiger partial charge on any atom is -0.399 e. The molecular weight excluding hydrogens is 312 g/mol. The maximum absolute atomic E-state index is 5.88. The number of nitrogen functional groups attached to an aromatic ring is 1. The molecule has 0 aliphatic heterocycles. The molecule has 0 saturated heterocycles. The zero-order valence-electron chi connectivity index (χ0n) is 11.4. The molecule has 0 radical (unpaired) electrons. The van der Waals surface area contributed by atoms with E-state index in [1.54, 1.807) is 0 Å². The molecule has 20 heavy (non-hydrogen) atoms. The zero-order chi connectivity index (χ0) is 13.9. The summed E-state index contributed by atoms with van der Waals surface area (Å²) in [5, 5.41) is 0. The maximum Gasteiger partial charge on any atom is 0.0317 e. The topological polar surface area (TPSA) is 29.3 Å². The van der Waals surface area contributed by atoms with Crippen LogP contribution < -0.4 is 5.73 Å². The Balaban J connectivity index is 1.75. The minimum atomic E-state index is 0.725. The Morgan fingerprint density at radius 2 is 1.85 bits per heavy atom. The van der Waals surface area contributed by atoms with Gasteiger partial charge in [-0.3, -0.25) is 4.90 Å². The normalized spacial score (nSPS) is 14.7. The van der Waals surface area contributed by atoms with E-state index in [0.717, 1.165) is 24.8 Å². The van der Waals surface area contributed by atoms with Gasteiger partial charge in [-0.15, -0.1) is 0 Å². The van der Waals surface area contributed by atoms with E-state index in [1.165, 1.54) is 28.4 Å². The number of hydrogen-bond donors (Lipinski definition) is 1. The van der Waals surface area contributed by atoms with Gasteiger partial charge in [-0.2, -0.15) is 0 Å². The van der Waals surface area contributed by atoms with Gasteiger partial charge in [0.25, 0.3) is 0 Å². The molecule has 1 aliphatic rings. The predicted molar refractivity (Wildman–Crippen MR) is 87.3 cm³/mol. The van der Waals surface area contributed by atoms with E-state index in [9.17, 15) is 0 Å². The molecule has 3 rings (SSSR count). The van der Waals surface area contributed by atoms with Crippen LogP contribution in [0.2, 0.25) is 0 Å². The number of benzene rings is 2. The SMILES string of the molecule is Nc1cccc(CN(Cc2ccccc2Br)C2CC2)c1. The molecule has 0 bridgehead atoms. The second-order valence-electron chi connectivity index (χ2n) is 5.47. The van der Waals surface area contributed by atoms with E-state index in [0.29, 0.717) is 0 Å². The first-order valence-electron chi connectivity index (χ1n) is 7.04. The van der Waals surface area contributed by atoms with Gasteiger partial charge >= 0.3 is 0 Å². The smallest absolute Gasteiger partial charge is 0.0317 e. The Labute approximate surface area is 128 Å². The molecule has 0 atom stereocenters. The summed E-state index contributed by atoms with van der Waals surface area (Å²) in [6, 6.07) is 17.4. The summed E-state index contributed by atoms with van der Waals surface area (Å²) in [6.45, 7) is 1.96. The summed E-state index contributed by atoms with van der Waals surface area (Å²) < 4.78 is 1.19. The lowest BCUT2D eigenvalue weighted by Gasteiger charge is -2.23. The van der Waals surface area contributed by atoms with Crippen LogP contribution >= 0.6 is 15.9 Å². The summed E-state index contributed by atoms with van der Waals surface area (Å²) >= 11 is 3.64. The Kier molecular flexibility index (Phi) is 4.08. The van der Waals surface area contributed by atoms with Crippen LogP contribution in [-0.2, 0) is 13.1 Å². The molecular formula is C17H19BrN2. The van der Waals surface area contributed by atoms with E-state index < -0.39 is 0 Å². The van der Waals surface area contributed by atoms with Gasteiger partial charge in [0.1, 0.15) is 0 Å². The molecule has 2 aromatic carbocycles. The highest BCUT2D eigenvalue weighted by atomic mass is 79.9. The Morgan fingerprint density at radius 1 is 1.05 bits per heavy atom. The standard InChI is InChI=1S/C17H19BrN2/c18-17-7-2-1-5-14(17)12-20(16-8-9-16)11-13-4-3-6-15(19)10-13/h1-7,10,16H,8-9,11-12,19H2. The van der Waals surface area contributed by atoms with Gasteiger partial charge in [0.2, 0.25) is 0 Å². The van der Waals surface area contributed by atoms with Crippen LogP contribution in [0.4, 0.5) is 5.69 Å². The lowest BCUT2D eigenvalue weighted by molar-refractivity contribution is 0.245. The molecule has 2 aromatic rings. The van der Waals surface area contributed by atoms with Crippen molar-refractivity contribution in [3.63, 3.8) is 0 Å². The van der Waals surface area contributed by atoms with Crippen molar-refractivity contribution in [3.05, 3.63) is 64.1 Å². The second-order valence-corrected chi connectivity index (χ2v) is 6.33. The molecule has 0 aromatic heterocycles. The van der Waals surface area contributed by atoms with Crippen molar-refractivity contribution < 1.29 is 0 Å². The fourth-order valence-electron chi connectivity index (χ4n) is 2.53. The third-order valence-electron chi connectivity index (χ3n) is 3.73. The average molecular weight is 331 g/mol. The van der Waals surface area contributed by atoms with Crippen LogP contribution in [0.25, 0.3) is 0 Å². The number of anilines is 1. The van der Waals surface area contributed by atoms with E-state index >= 15 is 0 Å². The molecule has 0 heterocycles. The van der Waals surface area contributed by atoms with Crippen LogP contribution in [0.3, 0.4) is 0 Å². The van der Waals surface area contributed by atoms with Crippen LogP contribution in [0.1, 0.15) is 24.0 Å². The van der Waals surface area contributed by atoms with Crippen molar-refractivity contribution in [2.75, 3.05) is 5.73 Å². The summed E-state index contributed by atoms with van der Waals surface area (Å²) in [5.74, 6) is 0. The van der Waals surface area contributed by atoms with E-state index in [1.807, 2.05) is 12.1 Å². The first-order chi connectivity index (χ1) is 9.72. The summed E-state index contributed by atoms with van der Waals surface area (Å²) in [7, 11) is 0. The van der Waals surface area contributed by atoms with E-state index in [4.69, 9.17) is 5.73 Å². The van der Waals surface area contributed by atoms with Crippen molar-refractivity contribution in [2.24, 2.45) is 0 Å². The zero-order valence-corrected chi connectivity index (χ0v) is 13.0. The van der Waals surface area contributed by atoms with Gasteiger partial charge in [0, 0.05) is 29.3 Å². The Bertz CT molecular complexity index is 593. The summed E-state index contributed by atoms with van der Waals surface area (Å²) in [4.78, 5) is 2.55. The number of halogens is 1. The largest absolute Gasteiger partial charge is 0.399 e. The quantitative estimate of drug-likeness (QED) is 0.832. The molecule has 0 unspecified atom stereocenters. The molecule has 0 spiro atoms. The Morgan fingerprint density at radius 3 is 2.55 bits per heavy atom. The van der Waals surface area contributed by atoms with Crippen molar-refractivity contribution in [2.45, 2.75) is 32.0 Å². The molecule has 2 nitrogen and oxygen atoms in total. The number of rotatable bonds is 5. The molecule has 1 fully saturated rings. The molecule has 104 valence electrons. The van der Waals surface area contributed by atoms with Gasteiger partial charge in [-0.1, -0.05) is 46.3 Å². The van der Waals surface area contributed by atoms with Crippen molar-refractivity contribution >= 4 is 21.6 Å². The van der Waals surface area contributed by atoms with Gasteiger partial charge < -0.3 is 5.73 Å². The van der Waals surface area contributed by atoms with E-state index in [-0.39, 0.29) is 0 Å². The fraction of sp³-hybridized carbons (Fsp3) is 0.294. The monoisotopic (exact) mass is 330 g/mol. The molecule has 0 amide bonds. The third-order valence-corrected chi connectivity index (χ3v) is 4.50. The fourth-order valence-corrected chi connectivity index (χ4v) is 2.94. The lowest BCUT2D eigenvalue weighted by atomic mass is 10.1. The summed E-state index contributed by atoms with van der Waals surface area (Å²) in [6.07, 6.45) is 2.62. The van der Waals surface area contributed by atoms with Crippen LogP contribution in [0.5, 0.6) is 0 Å². The number of nitrogens with two attached hydrogens (primary N) is 1. The maximum atomic E-state index is 5.88. The molecule has 1 saturated carbocycles. The Hall–Kier alpha value is -1.32. The van der Waals surface area contributed by atoms with Crippen molar-refractivity contribution in [1.82, 2.24) is 4.90 Å².